The second kappa shape index (κ2) is 31.5. The zero-order chi connectivity index (χ0) is 9.70. The van der Waals surface area contributed by atoms with Crippen molar-refractivity contribution in [2.24, 2.45) is 5.73 Å². The third kappa shape index (κ3) is 331. The standard InChI is InChI=1S/C3H5NO.2C2H7N.ClH/c1-2-3(4)5;2*1-3-2;/h2H,1H2,(H2,4,5);2*3H,1-2H3;1H. The molecule has 12 heavy (non-hydrogen) atoms. The van der Waals surface area contributed by atoms with Crippen LogP contribution in [0, 0.1) is 0 Å². The molecule has 0 atom stereocenters. The van der Waals surface area contributed by atoms with Gasteiger partial charge in [0.05, 0.1) is 0 Å². The van der Waals surface area contributed by atoms with Gasteiger partial charge in [-0.05, 0) is 34.3 Å². The Balaban J connectivity index is -0.0000000406. The van der Waals surface area contributed by atoms with E-state index < -0.39 is 5.91 Å². The lowest BCUT2D eigenvalue weighted by molar-refractivity contribution is -0.113. The van der Waals surface area contributed by atoms with Gasteiger partial charge < -0.3 is 16.4 Å². The Morgan fingerprint density at radius 2 is 1.33 bits per heavy atom. The van der Waals surface area contributed by atoms with E-state index in [2.05, 4.69) is 22.9 Å². The number of halogens is 1. The summed E-state index contributed by atoms with van der Waals surface area (Å²) in [7, 11) is 7.50. The number of nitrogens with two attached hydrogens (primary N) is 1. The summed E-state index contributed by atoms with van der Waals surface area (Å²) in [5.41, 5.74) is 4.53. The van der Waals surface area contributed by atoms with Crippen LogP contribution in [0.5, 0.6) is 0 Å². The maximum Gasteiger partial charge on any atom is 0.240 e. The maximum absolute atomic E-state index is 9.47. The first-order chi connectivity index (χ1) is 5.10. The van der Waals surface area contributed by atoms with Crippen molar-refractivity contribution in [1.82, 2.24) is 10.6 Å². The monoisotopic (exact) mass is 197 g/mol. The first-order valence-electron chi connectivity index (χ1n) is 3.19. The summed E-state index contributed by atoms with van der Waals surface area (Å²) >= 11 is 0. The van der Waals surface area contributed by atoms with Crippen LogP contribution in [-0.2, 0) is 4.79 Å². The van der Waals surface area contributed by atoms with Crippen LogP contribution < -0.4 is 16.4 Å². The molecular formula is C7H20ClN3O. The Bertz CT molecular complexity index is 86.7. The zero-order valence-corrected chi connectivity index (χ0v) is 8.99. The Hall–Kier alpha value is -0.580. The van der Waals surface area contributed by atoms with Crippen LogP contribution in [0.15, 0.2) is 12.7 Å². The van der Waals surface area contributed by atoms with Gasteiger partial charge in [0.25, 0.3) is 0 Å². The van der Waals surface area contributed by atoms with Crippen molar-refractivity contribution in [3.63, 3.8) is 0 Å². The third-order valence-electron chi connectivity index (χ3n) is 0.201. The van der Waals surface area contributed by atoms with Gasteiger partial charge in [-0.25, -0.2) is 0 Å². The fraction of sp³-hybridized carbons (Fsp3) is 0.571. The summed E-state index contributed by atoms with van der Waals surface area (Å²) in [5, 5.41) is 5.50. The molecule has 0 fully saturated rings. The molecule has 0 aliphatic rings. The molecule has 4 nitrogen and oxygen atoms in total. The molecule has 76 valence electrons. The largest absolute Gasteiger partial charge is 0.366 e. The van der Waals surface area contributed by atoms with E-state index in [9.17, 15) is 4.79 Å². The van der Waals surface area contributed by atoms with Crippen LogP contribution in [0.2, 0.25) is 0 Å². The van der Waals surface area contributed by atoms with Crippen LogP contribution >= 0.6 is 12.4 Å². The molecule has 0 aromatic carbocycles. The lowest BCUT2D eigenvalue weighted by Crippen LogP contribution is -2.04. The summed E-state index contributed by atoms with van der Waals surface area (Å²) in [6.45, 7) is 3.09. The van der Waals surface area contributed by atoms with Crippen LogP contribution in [0.3, 0.4) is 0 Å². The topological polar surface area (TPSA) is 67.2 Å². The van der Waals surface area contributed by atoms with Crippen molar-refractivity contribution in [3.8, 4) is 0 Å². The molecular weight excluding hydrogens is 178 g/mol. The molecule has 1 amide bonds. The predicted molar refractivity (Wildman–Crippen MR) is 56.6 cm³/mol. The van der Waals surface area contributed by atoms with E-state index in [-0.39, 0.29) is 12.4 Å². The van der Waals surface area contributed by atoms with Crippen molar-refractivity contribution < 1.29 is 4.79 Å². The van der Waals surface area contributed by atoms with Gasteiger partial charge in [-0.1, -0.05) is 6.58 Å². The second-order valence-electron chi connectivity index (χ2n) is 1.61. The summed E-state index contributed by atoms with van der Waals surface area (Å²) in [5.74, 6) is -0.481. The highest BCUT2D eigenvalue weighted by Crippen LogP contribution is 1.48. The van der Waals surface area contributed by atoms with E-state index in [1.807, 2.05) is 28.2 Å². The van der Waals surface area contributed by atoms with Gasteiger partial charge in [0.15, 0.2) is 0 Å². The van der Waals surface area contributed by atoms with Gasteiger partial charge in [0.2, 0.25) is 5.91 Å². The number of hydrogen-bond acceptors (Lipinski definition) is 3. The lowest BCUT2D eigenvalue weighted by atomic mass is 10.6. The lowest BCUT2D eigenvalue weighted by Gasteiger charge is -1.65. The number of primary amides is 1. The Labute approximate surface area is 81.0 Å². The minimum atomic E-state index is -0.481. The van der Waals surface area contributed by atoms with Gasteiger partial charge in [-0.2, -0.15) is 0 Å². The van der Waals surface area contributed by atoms with Crippen LogP contribution in [0.1, 0.15) is 0 Å². The second-order valence-corrected chi connectivity index (χ2v) is 1.61. The molecule has 0 spiro atoms. The number of hydrogen-bond donors (Lipinski definition) is 3. The van der Waals surface area contributed by atoms with Crippen LogP contribution in [0.25, 0.3) is 0 Å². The highest BCUT2D eigenvalue weighted by atomic mass is 35.5. The number of rotatable bonds is 1. The van der Waals surface area contributed by atoms with Crippen molar-refractivity contribution in [2.45, 2.75) is 0 Å². The van der Waals surface area contributed by atoms with E-state index in [1.54, 1.807) is 0 Å². The number of carbonyl (C=O) groups excluding carboxylic acids is 1. The molecule has 0 radical (unpaired) electrons. The fourth-order valence-electron chi connectivity index (χ4n) is 0. The van der Waals surface area contributed by atoms with E-state index in [1.165, 1.54) is 0 Å². The predicted octanol–water partition coefficient (Wildman–Crippen LogP) is -0.249. The van der Waals surface area contributed by atoms with E-state index in [0.717, 1.165) is 6.08 Å². The minimum absolute atomic E-state index is 0. The van der Waals surface area contributed by atoms with E-state index in [0.29, 0.717) is 0 Å². The van der Waals surface area contributed by atoms with Gasteiger partial charge in [0, 0.05) is 0 Å². The molecule has 0 bridgehead atoms. The summed E-state index contributed by atoms with van der Waals surface area (Å²) in [4.78, 5) is 9.47. The first-order valence-corrected chi connectivity index (χ1v) is 3.19. The molecule has 0 unspecified atom stereocenters. The highest BCUT2D eigenvalue weighted by molar-refractivity contribution is 5.85. The number of nitrogens with one attached hydrogen (secondary N) is 2. The van der Waals surface area contributed by atoms with Crippen LogP contribution in [-0.4, -0.2) is 34.1 Å². The van der Waals surface area contributed by atoms with Gasteiger partial charge in [-0.15, -0.1) is 12.4 Å². The van der Waals surface area contributed by atoms with Gasteiger partial charge in [-0.3, -0.25) is 4.79 Å². The Kier molecular flexibility index (Phi) is 59.1. The van der Waals surface area contributed by atoms with Gasteiger partial charge in [0.1, 0.15) is 0 Å². The normalized spacial score (nSPS) is 5.67. The Morgan fingerprint density at radius 3 is 1.33 bits per heavy atom. The third-order valence-corrected chi connectivity index (χ3v) is 0.201. The van der Waals surface area contributed by atoms with Crippen molar-refractivity contribution in [3.05, 3.63) is 12.7 Å². The molecule has 4 N–H and O–H groups in total. The quantitative estimate of drug-likeness (QED) is 0.508. The number of carbonyl (C=O) groups is 1. The van der Waals surface area contributed by atoms with Crippen molar-refractivity contribution >= 4 is 18.3 Å². The van der Waals surface area contributed by atoms with Crippen molar-refractivity contribution in [1.29, 1.82) is 0 Å². The minimum Gasteiger partial charge on any atom is -0.366 e. The average Bonchev–Trinajstić information content (AvgIpc) is 1.91. The maximum atomic E-state index is 9.47. The smallest absolute Gasteiger partial charge is 0.240 e. The molecule has 0 aliphatic carbocycles. The molecule has 0 heterocycles. The molecule has 0 aliphatic heterocycles. The molecule has 0 rings (SSSR count). The molecule has 0 saturated carbocycles. The van der Waals surface area contributed by atoms with E-state index in [4.69, 9.17) is 0 Å². The van der Waals surface area contributed by atoms with Crippen molar-refractivity contribution in [2.75, 3.05) is 28.2 Å². The van der Waals surface area contributed by atoms with E-state index >= 15 is 0 Å². The zero-order valence-electron chi connectivity index (χ0n) is 8.18. The fourth-order valence-corrected chi connectivity index (χ4v) is 0. The average molecular weight is 198 g/mol. The Morgan fingerprint density at radius 1 is 1.25 bits per heavy atom. The summed E-state index contributed by atoms with van der Waals surface area (Å²) in [6, 6.07) is 0. The molecule has 5 heteroatoms. The molecule has 0 aromatic rings. The number of amides is 1. The summed E-state index contributed by atoms with van der Waals surface area (Å²) < 4.78 is 0. The summed E-state index contributed by atoms with van der Waals surface area (Å²) in [6.07, 6.45) is 1.06. The highest BCUT2D eigenvalue weighted by Gasteiger charge is 1.69. The molecule has 0 aromatic heterocycles. The first kappa shape index (κ1) is 22.5. The van der Waals surface area contributed by atoms with Crippen LogP contribution in [0.4, 0.5) is 0 Å². The van der Waals surface area contributed by atoms with Gasteiger partial charge >= 0.3 is 0 Å². The SMILES string of the molecule is C=CC(N)=O.CNC.CNC.Cl. The molecule has 0 saturated heterocycles.